The van der Waals surface area contributed by atoms with E-state index in [1.165, 1.54) is 0 Å². The summed E-state index contributed by atoms with van der Waals surface area (Å²) in [5.74, 6) is -0.441. The highest BCUT2D eigenvalue weighted by molar-refractivity contribution is 6.39. The molecule has 0 aromatic rings. The minimum atomic E-state index is -0.270. The second-order valence-corrected chi connectivity index (χ2v) is 3.11. The molecule has 0 aliphatic carbocycles. The predicted octanol–water partition coefficient (Wildman–Crippen LogP) is -0.328. The molecule has 0 aromatic heterocycles. The monoisotopic (exact) mass is 208 g/mol. The van der Waals surface area contributed by atoms with Crippen LogP contribution in [-0.2, 0) is 9.59 Å². The summed E-state index contributed by atoms with van der Waals surface area (Å²) in [4.78, 5) is 22.1. The first-order valence-corrected chi connectivity index (χ1v) is 4.74. The average Bonchev–Trinajstić information content (AvgIpc) is 2.25. The van der Waals surface area contributed by atoms with Crippen molar-refractivity contribution < 1.29 is 9.59 Å². The predicted molar refractivity (Wildman–Crippen MR) is 52.7 cm³/mol. The van der Waals surface area contributed by atoms with Gasteiger partial charge in [0, 0.05) is 25.8 Å². The number of hydrogen-bond acceptors (Lipinski definition) is 4. The fourth-order valence-corrected chi connectivity index (χ4v) is 1.11. The molecule has 0 atom stereocenters. The standard InChI is InChI=1S/C9H12N4O2/c10-5-1-2-6-11-9(15)7-3-4-8(14)13-12-7/h1-4,6H2,(H,11,15)(H,13,14). The first kappa shape index (κ1) is 11.2. The van der Waals surface area contributed by atoms with Crippen LogP contribution in [0, 0.1) is 11.3 Å². The van der Waals surface area contributed by atoms with E-state index in [1.54, 1.807) is 0 Å². The number of hydrazone groups is 1. The molecule has 80 valence electrons. The van der Waals surface area contributed by atoms with Crippen molar-refractivity contribution in [3.63, 3.8) is 0 Å². The molecule has 0 saturated carbocycles. The second kappa shape index (κ2) is 5.75. The van der Waals surface area contributed by atoms with Crippen LogP contribution in [0.25, 0.3) is 0 Å². The number of nitrogens with one attached hydrogen (secondary N) is 2. The highest BCUT2D eigenvalue weighted by atomic mass is 16.2. The fraction of sp³-hybridized carbons (Fsp3) is 0.556. The van der Waals surface area contributed by atoms with Gasteiger partial charge in [0.2, 0.25) is 5.91 Å². The van der Waals surface area contributed by atoms with Crippen LogP contribution in [0.3, 0.4) is 0 Å². The number of nitriles is 1. The molecule has 6 heteroatoms. The van der Waals surface area contributed by atoms with Gasteiger partial charge in [0.1, 0.15) is 5.71 Å². The van der Waals surface area contributed by atoms with E-state index in [4.69, 9.17) is 5.26 Å². The van der Waals surface area contributed by atoms with Crippen molar-refractivity contribution >= 4 is 17.5 Å². The van der Waals surface area contributed by atoms with Gasteiger partial charge in [-0.25, -0.2) is 5.43 Å². The highest BCUT2D eigenvalue weighted by Gasteiger charge is 2.17. The van der Waals surface area contributed by atoms with E-state index < -0.39 is 0 Å². The zero-order chi connectivity index (χ0) is 11.1. The number of carbonyl (C=O) groups is 2. The second-order valence-electron chi connectivity index (χ2n) is 3.11. The number of unbranched alkanes of at least 4 members (excludes halogenated alkanes) is 1. The molecule has 0 unspecified atom stereocenters. The zero-order valence-corrected chi connectivity index (χ0v) is 8.25. The number of rotatable bonds is 4. The maximum absolute atomic E-state index is 11.4. The van der Waals surface area contributed by atoms with Gasteiger partial charge in [-0.2, -0.15) is 10.4 Å². The molecule has 1 aliphatic heterocycles. The van der Waals surface area contributed by atoms with E-state index in [0.29, 0.717) is 37.9 Å². The third kappa shape index (κ3) is 3.77. The normalized spacial score (nSPS) is 14.9. The molecule has 0 bridgehead atoms. The van der Waals surface area contributed by atoms with Crippen LogP contribution in [0.15, 0.2) is 5.10 Å². The van der Waals surface area contributed by atoms with Gasteiger partial charge in [0.15, 0.2) is 0 Å². The third-order valence-electron chi connectivity index (χ3n) is 1.92. The lowest BCUT2D eigenvalue weighted by Gasteiger charge is -2.11. The van der Waals surface area contributed by atoms with Crippen LogP contribution in [0.1, 0.15) is 25.7 Å². The van der Waals surface area contributed by atoms with Gasteiger partial charge >= 0.3 is 0 Å². The van der Waals surface area contributed by atoms with E-state index in [-0.39, 0.29) is 11.8 Å². The molecule has 0 aromatic carbocycles. The van der Waals surface area contributed by atoms with Crippen molar-refractivity contribution in [2.24, 2.45) is 5.10 Å². The van der Waals surface area contributed by atoms with Crippen molar-refractivity contribution in [1.82, 2.24) is 10.7 Å². The number of amides is 2. The third-order valence-corrected chi connectivity index (χ3v) is 1.92. The Labute approximate surface area is 87.3 Å². The largest absolute Gasteiger partial charge is 0.351 e. The van der Waals surface area contributed by atoms with Crippen molar-refractivity contribution in [1.29, 1.82) is 5.26 Å². The van der Waals surface area contributed by atoms with Gasteiger partial charge in [-0.1, -0.05) is 0 Å². The van der Waals surface area contributed by atoms with Crippen LogP contribution >= 0.6 is 0 Å². The fourth-order valence-electron chi connectivity index (χ4n) is 1.11. The Morgan fingerprint density at radius 3 is 3.00 bits per heavy atom. The van der Waals surface area contributed by atoms with E-state index in [0.717, 1.165) is 0 Å². The summed E-state index contributed by atoms with van der Waals surface area (Å²) < 4.78 is 0. The highest BCUT2D eigenvalue weighted by Crippen LogP contribution is 1.99. The van der Waals surface area contributed by atoms with Gasteiger partial charge in [-0.15, -0.1) is 0 Å². The lowest BCUT2D eigenvalue weighted by molar-refractivity contribution is -0.121. The van der Waals surface area contributed by atoms with Gasteiger partial charge in [-0.3, -0.25) is 9.59 Å². The molecule has 0 fully saturated rings. The molecule has 0 saturated heterocycles. The Balaban J connectivity index is 2.29. The molecule has 0 radical (unpaired) electrons. The molecule has 2 amide bonds. The average molecular weight is 208 g/mol. The quantitative estimate of drug-likeness (QED) is 0.619. The molecular formula is C9H12N4O2. The van der Waals surface area contributed by atoms with Crippen LogP contribution in [0.5, 0.6) is 0 Å². The summed E-state index contributed by atoms with van der Waals surface area (Å²) in [5.41, 5.74) is 2.59. The SMILES string of the molecule is N#CCCCNC(=O)C1=NNC(=O)CC1. The molecule has 1 aliphatic rings. The Morgan fingerprint density at radius 2 is 2.40 bits per heavy atom. The molecule has 1 heterocycles. The van der Waals surface area contributed by atoms with Gasteiger partial charge in [0.25, 0.3) is 5.91 Å². The minimum absolute atomic E-state index is 0.170. The molecule has 0 spiro atoms. The molecule has 6 nitrogen and oxygen atoms in total. The Hall–Kier alpha value is -1.90. The summed E-state index contributed by atoms with van der Waals surface area (Å²) >= 11 is 0. The molecule has 1 rings (SSSR count). The lowest BCUT2D eigenvalue weighted by atomic mass is 10.1. The first-order valence-electron chi connectivity index (χ1n) is 4.74. The number of hydrogen-bond donors (Lipinski definition) is 2. The molecule has 2 N–H and O–H groups in total. The summed E-state index contributed by atoms with van der Waals surface area (Å²) in [6.45, 7) is 0.458. The van der Waals surface area contributed by atoms with Crippen molar-refractivity contribution in [3.05, 3.63) is 0 Å². The van der Waals surface area contributed by atoms with Crippen molar-refractivity contribution in [3.8, 4) is 6.07 Å². The first-order chi connectivity index (χ1) is 7.24. The number of nitrogens with zero attached hydrogens (tertiary/aromatic N) is 2. The smallest absolute Gasteiger partial charge is 0.267 e. The molecular weight excluding hydrogens is 196 g/mol. The summed E-state index contributed by atoms with van der Waals surface area (Å²) in [6.07, 6.45) is 1.71. The van der Waals surface area contributed by atoms with Crippen molar-refractivity contribution in [2.45, 2.75) is 25.7 Å². The zero-order valence-electron chi connectivity index (χ0n) is 8.25. The van der Waals surface area contributed by atoms with E-state index in [1.807, 2.05) is 6.07 Å². The van der Waals surface area contributed by atoms with Gasteiger partial charge in [-0.05, 0) is 6.42 Å². The van der Waals surface area contributed by atoms with Crippen LogP contribution in [0.2, 0.25) is 0 Å². The summed E-state index contributed by atoms with van der Waals surface area (Å²) in [7, 11) is 0. The minimum Gasteiger partial charge on any atom is -0.351 e. The van der Waals surface area contributed by atoms with Crippen molar-refractivity contribution in [2.75, 3.05) is 6.54 Å². The lowest BCUT2D eigenvalue weighted by Crippen LogP contribution is -2.37. The van der Waals surface area contributed by atoms with Gasteiger partial charge in [0.05, 0.1) is 6.07 Å². The summed E-state index contributed by atoms with van der Waals surface area (Å²) in [6, 6.07) is 1.99. The Kier molecular flexibility index (Phi) is 4.29. The maximum Gasteiger partial charge on any atom is 0.267 e. The van der Waals surface area contributed by atoms with E-state index in [9.17, 15) is 9.59 Å². The topological polar surface area (TPSA) is 94.3 Å². The van der Waals surface area contributed by atoms with E-state index >= 15 is 0 Å². The van der Waals surface area contributed by atoms with Crippen LogP contribution in [0.4, 0.5) is 0 Å². The maximum atomic E-state index is 11.4. The summed E-state index contributed by atoms with van der Waals surface area (Å²) in [5, 5.41) is 14.6. The van der Waals surface area contributed by atoms with Crippen LogP contribution < -0.4 is 10.7 Å². The van der Waals surface area contributed by atoms with Gasteiger partial charge < -0.3 is 5.32 Å². The van der Waals surface area contributed by atoms with E-state index in [2.05, 4.69) is 15.8 Å². The molecule has 15 heavy (non-hydrogen) atoms. The number of carbonyl (C=O) groups excluding carboxylic acids is 2. The Morgan fingerprint density at radius 1 is 1.60 bits per heavy atom. The van der Waals surface area contributed by atoms with Crippen LogP contribution in [-0.4, -0.2) is 24.1 Å². The Bertz CT molecular complexity index is 329.